The molecule has 0 aliphatic rings. The average Bonchev–Trinajstić information content (AvgIpc) is 2.05. The maximum Gasteiger partial charge on any atom is 0.169 e. The second-order valence-corrected chi connectivity index (χ2v) is 3.52. The van der Waals surface area contributed by atoms with Gasteiger partial charge < -0.3 is 0 Å². The Labute approximate surface area is 69.0 Å². The van der Waals surface area contributed by atoms with Gasteiger partial charge in [-0.3, -0.25) is 4.79 Å². The van der Waals surface area contributed by atoms with Gasteiger partial charge in [0, 0.05) is 11.2 Å². The van der Waals surface area contributed by atoms with E-state index in [0.29, 0.717) is 0 Å². The van der Waals surface area contributed by atoms with Crippen LogP contribution in [0.15, 0.2) is 30.3 Å². The summed E-state index contributed by atoms with van der Waals surface area (Å²) in [5.74, 6) is 0.176. The van der Waals surface area contributed by atoms with E-state index in [4.69, 9.17) is 0 Å². The summed E-state index contributed by atoms with van der Waals surface area (Å²) >= 11 is 0. The molecule has 2 atom stereocenters. The van der Waals surface area contributed by atoms with Crippen molar-refractivity contribution in [2.24, 2.45) is 0 Å². The van der Waals surface area contributed by atoms with Crippen molar-refractivity contribution in [3.05, 3.63) is 35.9 Å². The molecular formula is C9H11OP. The summed E-state index contributed by atoms with van der Waals surface area (Å²) in [7, 11) is 2.50. The molecule has 0 aliphatic carbocycles. The molecule has 1 nitrogen and oxygen atoms in total. The van der Waals surface area contributed by atoms with Crippen molar-refractivity contribution < 1.29 is 4.79 Å². The molecule has 0 fully saturated rings. The van der Waals surface area contributed by atoms with E-state index in [0.717, 1.165) is 5.56 Å². The Morgan fingerprint density at radius 3 is 2.36 bits per heavy atom. The first-order valence-electron chi connectivity index (χ1n) is 3.56. The van der Waals surface area contributed by atoms with Gasteiger partial charge in [0.1, 0.15) is 0 Å². The number of hydrogen-bond donors (Lipinski definition) is 0. The molecule has 0 radical (unpaired) electrons. The van der Waals surface area contributed by atoms with Crippen LogP contribution in [-0.2, 0) is 0 Å². The number of carbonyl (C=O) groups excluding carboxylic acids is 1. The normalized spacial score (nSPS) is 12.5. The molecule has 0 heterocycles. The van der Waals surface area contributed by atoms with E-state index < -0.39 is 0 Å². The second-order valence-electron chi connectivity index (χ2n) is 2.52. The van der Waals surface area contributed by atoms with Gasteiger partial charge in [-0.1, -0.05) is 37.3 Å². The van der Waals surface area contributed by atoms with Crippen LogP contribution in [-0.4, -0.2) is 11.4 Å². The number of ketones is 1. The lowest BCUT2D eigenvalue weighted by molar-refractivity contribution is 0.0993. The first kappa shape index (κ1) is 8.42. The van der Waals surface area contributed by atoms with Gasteiger partial charge in [0.05, 0.1) is 0 Å². The number of benzene rings is 1. The Kier molecular flexibility index (Phi) is 2.78. The average molecular weight is 166 g/mol. The van der Waals surface area contributed by atoms with Crippen molar-refractivity contribution in [3.63, 3.8) is 0 Å². The predicted octanol–water partition coefficient (Wildman–Crippen LogP) is 2.13. The smallest absolute Gasteiger partial charge is 0.169 e. The van der Waals surface area contributed by atoms with Gasteiger partial charge in [-0.15, -0.1) is 9.24 Å². The molecule has 0 bridgehead atoms. The highest BCUT2D eigenvalue weighted by Gasteiger charge is 2.08. The molecule has 0 saturated carbocycles. The van der Waals surface area contributed by atoms with Crippen molar-refractivity contribution in [3.8, 4) is 0 Å². The maximum absolute atomic E-state index is 11.3. The van der Waals surface area contributed by atoms with Crippen molar-refractivity contribution in [1.82, 2.24) is 0 Å². The molecule has 2 heteroatoms. The summed E-state index contributed by atoms with van der Waals surface area (Å²) in [5, 5.41) is 0. The predicted molar refractivity (Wildman–Crippen MR) is 49.9 cm³/mol. The Balaban J connectivity index is 2.86. The molecule has 0 aromatic heterocycles. The summed E-state index contributed by atoms with van der Waals surface area (Å²) in [4.78, 5) is 11.3. The quantitative estimate of drug-likeness (QED) is 0.486. The lowest BCUT2D eigenvalue weighted by Crippen LogP contribution is -2.09. The first-order chi connectivity index (χ1) is 5.22. The second kappa shape index (κ2) is 3.64. The zero-order valence-corrected chi connectivity index (χ0v) is 7.60. The van der Waals surface area contributed by atoms with Crippen LogP contribution in [0.25, 0.3) is 0 Å². The Morgan fingerprint density at radius 2 is 1.91 bits per heavy atom. The van der Waals surface area contributed by atoms with Crippen LogP contribution in [0.5, 0.6) is 0 Å². The molecule has 0 saturated heterocycles. The minimum absolute atomic E-state index is 0.0115. The molecule has 2 unspecified atom stereocenters. The molecular weight excluding hydrogens is 155 g/mol. The molecule has 0 aliphatic heterocycles. The molecule has 0 N–H and O–H groups in total. The highest BCUT2D eigenvalue weighted by molar-refractivity contribution is 7.19. The molecule has 1 rings (SSSR count). The number of carbonyl (C=O) groups is 1. The minimum Gasteiger partial charge on any atom is -0.294 e. The fraction of sp³-hybridized carbons (Fsp3) is 0.222. The van der Waals surface area contributed by atoms with Crippen LogP contribution in [0.2, 0.25) is 0 Å². The van der Waals surface area contributed by atoms with Gasteiger partial charge >= 0.3 is 0 Å². The third-order valence-corrected chi connectivity index (χ3v) is 1.77. The minimum atomic E-state index is 0.0115. The summed E-state index contributed by atoms with van der Waals surface area (Å²) < 4.78 is 0. The standard InChI is InChI=1S/C9H11OP/c1-7(11)9(10)8-5-3-2-4-6-8/h2-7H,11H2,1H3. The fourth-order valence-electron chi connectivity index (χ4n) is 0.865. The lowest BCUT2D eigenvalue weighted by Gasteiger charge is -2.01. The van der Waals surface area contributed by atoms with Crippen LogP contribution in [0, 0.1) is 0 Å². The lowest BCUT2D eigenvalue weighted by atomic mass is 10.1. The van der Waals surface area contributed by atoms with Gasteiger partial charge in [-0.2, -0.15) is 0 Å². The monoisotopic (exact) mass is 166 g/mol. The van der Waals surface area contributed by atoms with Crippen LogP contribution in [0.3, 0.4) is 0 Å². The Hall–Kier alpha value is -0.680. The topological polar surface area (TPSA) is 17.1 Å². The summed E-state index contributed by atoms with van der Waals surface area (Å²) in [6.45, 7) is 1.88. The number of rotatable bonds is 2. The maximum atomic E-state index is 11.3. The van der Waals surface area contributed by atoms with Gasteiger partial charge in [0.25, 0.3) is 0 Å². The molecule has 0 spiro atoms. The van der Waals surface area contributed by atoms with Crippen molar-refractivity contribution >= 4 is 15.0 Å². The zero-order chi connectivity index (χ0) is 8.27. The Morgan fingerprint density at radius 1 is 1.36 bits per heavy atom. The van der Waals surface area contributed by atoms with Gasteiger partial charge in [0.2, 0.25) is 0 Å². The first-order valence-corrected chi connectivity index (χ1v) is 4.23. The van der Waals surface area contributed by atoms with Crippen molar-refractivity contribution in [2.45, 2.75) is 12.6 Å². The largest absolute Gasteiger partial charge is 0.294 e. The Bertz CT molecular complexity index is 241. The number of hydrogen-bond acceptors (Lipinski definition) is 1. The van der Waals surface area contributed by atoms with E-state index in [1.165, 1.54) is 0 Å². The SMILES string of the molecule is CC(P)C(=O)c1ccccc1. The fourth-order valence-corrected chi connectivity index (χ4v) is 1.06. The summed E-state index contributed by atoms with van der Waals surface area (Å²) in [6.07, 6.45) is 0. The third kappa shape index (κ3) is 2.13. The molecule has 0 amide bonds. The van der Waals surface area contributed by atoms with Crippen molar-refractivity contribution in [1.29, 1.82) is 0 Å². The highest BCUT2D eigenvalue weighted by Crippen LogP contribution is 2.08. The molecule has 1 aromatic carbocycles. The highest BCUT2D eigenvalue weighted by atomic mass is 31.0. The van der Waals surface area contributed by atoms with E-state index in [1.807, 2.05) is 37.3 Å². The molecule has 11 heavy (non-hydrogen) atoms. The molecule has 1 aromatic rings. The zero-order valence-electron chi connectivity index (χ0n) is 6.45. The van der Waals surface area contributed by atoms with E-state index in [2.05, 4.69) is 9.24 Å². The van der Waals surface area contributed by atoms with Crippen molar-refractivity contribution in [2.75, 3.05) is 0 Å². The van der Waals surface area contributed by atoms with Gasteiger partial charge in [0.15, 0.2) is 5.78 Å². The molecule has 58 valence electrons. The van der Waals surface area contributed by atoms with Crippen LogP contribution in [0.4, 0.5) is 0 Å². The van der Waals surface area contributed by atoms with Gasteiger partial charge in [-0.25, -0.2) is 0 Å². The summed E-state index contributed by atoms with van der Waals surface area (Å²) in [5.41, 5.74) is 0.799. The van der Waals surface area contributed by atoms with E-state index in [-0.39, 0.29) is 11.4 Å². The van der Waals surface area contributed by atoms with Crippen LogP contribution in [0.1, 0.15) is 17.3 Å². The van der Waals surface area contributed by atoms with E-state index in [9.17, 15) is 4.79 Å². The third-order valence-electron chi connectivity index (χ3n) is 1.47. The van der Waals surface area contributed by atoms with E-state index in [1.54, 1.807) is 0 Å². The van der Waals surface area contributed by atoms with E-state index >= 15 is 0 Å². The van der Waals surface area contributed by atoms with Crippen LogP contribution >= 0.6 is 9.24 Å². The van der Waals surface area contributed by atoms with Crippen LogP contribution < -0.4 is 0 Å². The van der Waals surface area contributed by atoms with Gasteiger partial charge in [-0.05, 0) is 0 Å². The number of Topliss-reactive ketones (excluding diaryl/α,β-unsaturated/α-hetero) is 1. The summed E-state index contributed by atoms with van der Waals surface area (Å²) in [6, 6.07) is 9.33.